The highest BCUT2D eigenvalue weighted by Crippen LogP contribution is 2.34. The van der Waals surface area contributed by atoms with Crippen LogP contribution < -0.4 is 0 Å². The van der Waals surface area contributed by atoms with Crippen molar-refractivity contribution in [3.63, 3.8) is 0 Å². The molecule has 0 spiro atoms. The standard InChI is InChI=1S/C13H14O3/c1-15-12-9-11(12)7-8-16-13(14)10-5-3-2-4-6-10/h2-8,11-12H,9H2,1H3/b8-7+/t11?,12-/m0/s1. The molecule has 1 unspecified atom stereocenters. The van der Waals surface area contributed by atoms with Crippen LogP contribution in [0, 0.1) is 5.92 Å². The summed E-state index contributed by atoms with van der Waals surface area (Å²) in [5.74, 6) is 0.0695. The molecule has 3 nitrogen and oxygen atoms in total. The largest absolute Gasteiger partial charge is 0.431 e. The summed E-state index contributed by atoms with van der Waals surface area (Å²) in [6.07, 6.45) is 4.64. The minimum Gasteiger partial charge on any atom is -0.431 e. The van der Waals surface area contributed by atoms with Crippen LogP contribution in [-0.4, -0.2) is 19.2 Å². The van der Waals surface area contributed by atoms with E-state index in [-0.39, 0.29) is 5.97 Å². The summed E-state index contributed by atoms with van der Waals surface area (Å²) in [4.78, 5) is 11.5. The Balaban J connectivity index is 1.81. The van der Waals surface area contributed by atoms with Gasteiger partial charge in [0.25, 0.3) is 0 Å². The van der Waals surface area contributed by atoms with E-state index in [1.165, 1.54) is 6.26 Å². The van der Waals surface area contributed by atoms with Gasteiger partial charge in [0, 0.05) is 13.0 Å². The second kappa shape index (κ2) is 4.94. The maximum atomic E-state index is 11.5. The van der Waals surface area contributed by atoms with Crippen molar-refractivity contribution in [2.45, 2.75) is 12.5 Å². The zero-order chi connectivity index (χ0) is 11.4. The van der Waals surface area contributed by atoms with Gasteiger partial charge in [0.1, 0.15) is 0 Å². The number of carbonyl (C=O) groups is 1. The van der Waals surface area contributed by atoms with Crippen LogP contribution in [0.25, 0.3) is 0 Å². The van der Waals surface area contributed by atoms with Crippen molar-refractivity contribution in [3.05, 3.63) is 48.2 Å². The predicted octanol–water partition coefficient (Wildman–Crippen LogP) is 2.39. The third-order valence-electron chi connectivity index (χ3n) is 2.59. The molecule has 0 N–H and O–H groups in total. The maximum Gasteiger partial charge on any atom is 0.342 e. The van der Waals surface area contributed by atoms with Gasteiger partial charge in [-0.3, -0.25) is 0 Å². The molecule has 16 heavy (non-hydrogen) atoms. The Bertz CT molecular complexity index is 383. The van der Waals surface area contributed by atoms with E-state index in [2.05, 4.69) is 0 Å². The Morgan fingerprint density at radius 3 is 2.75 bits per heavy atom. The van der Waals surface area contributed by atoms with Gasteiger partial charge in [-0.05, 0) is 24.6 Å². The molecule has 1 aromatic carbocycles. The number of carbonyl (C=O) groups excluding carboxylic acids is 1. The van der Waals surface area contributed by atoms with Crippen LogP contribution in [-0.2, 0) is 9.47 Å². The van der Waals surface area contributed by atoms with Gasteiger partial charge in [-0.1, -0.05) is 18.2 Å². The number of benzene rings is 1. The van der Waals surface area contributed by atoms with Gasteiger partial charge in [0.2, 0.25) is 0 Å². The molecule has 2 atom stereocenters. The van der Waals surface area contributed by atoms with E-state index in [1.54, 1.807) is 19.2 Å². The highest BCUT2D eigenvalue weighted by Gasteiger charge is 2.34. The van der Waals surface area contributed by atoms with Crippen molar-refractivity contribution in [3.8, 4) is 0 Å². The highest BCUT2D eigenvalue weighted by atomic mass is 16.5. The van der Waals surface area contributed by atoms with Gasteiger partial charge in [-0.15, -0.1) is 0 Å². The molecule has 0 amide bonds. The van der Waals surface area contributed by atoms with E-state index in [0.717, 1.165) is 6.42 Å². The Morgan fingerprint density at radius 1 is 1.38 bits per heavy atom. The second-order valence-electron chi connectivity index (χ2n) is 3.77. The number of methoxy groups -OCH3 is 1. The van der Waals surface area contributed by atoms with Crippen LogP contribution in [0.1, 0.15) is 16.8 Å². The lowest BCUT2D eigenvalue weighted by Gasteiger charge is -1.98. The summed E-state index contributed by atoms with van der Waals surface area (Å²) in [5, 5.41) is 0. The molecule has 0 aliphatic heterocycles. The summed E-state index contributed by atoms with van der Waals surface area (Å²) in [5.41, 5.74) is 0.561. The van der Waals surface area contributed by atoms with Crippen LogP contribution in [0.4, 0.5) is 0 Å². The molecule has 0 radical (unpaired) electrons. The molecule has 1 aliphatic carbocycles. The Hall–Kier alpha value is -1.61. The average molecular weight is 218 g/mol. The van der Waals surface area contributed by atoms with E-state index < -0.39 is 0 Å². The van der Waals surface area contributed by atoms with Crippen LogP contribution in [0.3, 0.4) is 0 Å². The van der Waals surface area contributed by atoms with Gasteiger partial charge in [0.15, 0.2) is 0 Å². The molecule has 0 bridgehead atoms. The van der Waals surface area contributed by atoms with Crippen molar-refractivity contribution in [2.75, 3.05) is 7.11 Å². The van der Waals surface area contributed by atoms with Crippen LogP contribution in [0.15, 0.2) is 42.7 Å². The van der Waals surface area contributed by atoms with Crippen molar-refractivity contribution in [2.24, 2.45) is 5.92 Å². The van der Waals surface area contributed by atoms with E-state index in [9.17, 15) is 4.79 Å². The minimum atomic E-state index is -0.327. The highest BCUT2D eigenvalue weighted by molar-refractivity contribution is 5.89. The molecule has 0 saturated heterocycles. The van der Waals surface area contributed by atoms with Crippen molar-refractivity contribution in [1.29, 1.82) is 0 Å². The number of ether oxygens (including phenoxy) is 2. The maximum absolute atomic E-state index is 11.5. The molecule has 84 valence electrons. The topological polar surface area (TPSA) is 35.5 Å². The molecule has 3 heteroatoms. The summed E-state index contributed by atoms with van der Waals surface area (Å²) >= 11 is 0. The quantitative estimate of drug-likeness (QED) is 0.575. The summed E-state index contributed by atoms with van der Waals surface area (Å²) < 4.78 is 10.1. The van der Waals surface area contributed by atoms with Crippen LogP contribution in [0.2, 0.25) is 0 Å². The van der Waals surface area contributed by atoms with Crippen LogP contribution in [0.5, 0.6) is 0 Å². The van der Waals surface area contributed by atoms with E-state index in [4.69, 9.17) is 9.47 Å². The Morgan fingerprint density at radius 2 is 2.12 bits per heavy atom. The van der Waals surface area contributed by atoms with Crippen molar-refractivity contribution < 1.29 is 14.3 Å². The van der Waals surface area contributed by atoms with Gasteiger partial charge < -0.3 is 9.47 Å². The predicted molar refractivity (Wildman–Crippen MR) is 59.9 cm³/mol. The molecular weight excluding hydrogens is 204 g/mol. The molecule has 1 saturated carbocycles. The van der Waals surface area contributed by atoms with E-state index in [1.807, 2.05) is 24.3 Å². The van der Waals surface area contributed by atoms with E-state index in [0.29, 0.717) is 17.6 Å². The molecule has 0 aromatic heterocycles. The molecular formula is C13H14O3. The first-order chi connectivity index (χ1) is 7.81. The molecule has 1 fully saturated rings. The number of hydrogen-bond donors (Lipinski definition) is 0. The fraction of sp³-hybridized carbons (Fsp3) is 0.308. The second-order valence-corrected chi connectivity index (χ2v) is 3.77. The monoisotopic (exact) mass is 218 g/mol. The summed E-state index contributed by atoms with van der Waals surface area (Å²) in [7, 11) is 1.69. The first kappa shape index (κ1) is 10.9. The van der Waals surface area contributed by atoms with Gasteiger partial charge in [-0.25, -0.2) is 4.79 Å². The van der Waals surface area contributed by atoms with Crippen molar-refractivity contribution >= 4 is 5.97 Å². The lowest BCUT2D eigenvalue weighted by atomic mass is 10.2. The first-order valence-corrected chi connectivity index (χ1v) is 5.27. The Labute approximate surface area is 94.7 Å². The molecule has 1 aromatic rings. The number of hydrogen-bond acceptors (Lipinski definition) is 3. The molecule has 1 aliphatic rings. The summed E-state index contributed by atoms with van der Waals surface area (Å²) in [6, 6.07) is 8.93. The lowest BCUT2D eigenvalue weighted by molar-refractivity contribution is 0.0661. The van der Waals surface area contributed by atoms with Gasteiger partial charge in [-0.2, -0.15) is 0 Å². The summed E-state index contributed by atoms with van der Waals surface area (Å²) in [6.45, 7) is 0. The molecule has 0 heterocycles. The third-order valence-corrected chi connectivity index (χ3v) is 2.59. The van der Waals surface area contributed by atoms with Crippen molar-refractivity contribution in [1.82, 2.24) is 0 Å². The first-order valence-electron chi connectivity index (χ1n) is 5.27. The number of esters is 1. The molecule has 2 rings (SSSR count). The van der Waals surface area contributed by atoms with Gasteiger partial charge >= 0.3 is 5.97 Å². The minimum absolute atomic E-state index is 0.298. The Kier molecular flexibility index (Phi) is 3.37. The fourth-order valence-electron chi connectivity index (χ4n) is 1.51. The zero-order valence-corrected chi connectivity index (χ0v) is 9.13. The SMILES string of the molecule is CO[C@H]1CC1/C=C/OC(=O)c1ccccc1. The smallest absolute Gasteiger partial charge is 0.342 e. The number of rotatable bonds is 4. The average Bonchev–Trinajstić information content (AvgIpc) is 3.09. The zero-order valence-electron chi connectivity index (χ0n) is 9.13. The third kappa shape index (κ3) is 2.70. The van der Waals surface area contributed by atoms with E-state index >= 15 is 0 Å². The van der Waals surface area contributed by atoms with Gasteiger partial charge in [0.05, 0.1) is 17.9 Å². The van der Waals surface area contributed by atoms with Crippen LogP contribution >= 0.6 is 0 Å². The lowest BCUT2D eigenvalue weighted by Crippen LogP contribution is -1.99. The normalized spacial score (nSPS) is 23.3. The fourth-order valence-corrected chi connectivity index (χ4v) is 1.51.